The maximum atomic E-state index is 11.1. The van der Waals surface area contributed by atoms with Crippen LogP contribution in [0.25, 0.3) is 0 Å². The lowest BCUT2D eigenvalue weighted by Crippen LogP contribution is -1.99. The molecule has 0 unspecified atom stereocenters. The van der Waals surface area contributed by atoms with Gasteiger partial charge in [-0.3, -0.25) is 4.79 Å². The highest BCUT2D eigenvalue weighted by Crippen LogP contribution is 2.25. The van der Waals surface area contributed by atoms with Crippen molar-refractivity contribution in [3.05, 3.63) is 28.8 Å². The maximum Gasteiger partial charge on any atom is 0.347 e. The quantitative estimate of drug-likeness (QED) is 0.325. The number of hydrogen-bond donors (Lipinski definition) is 1. The van der Waals surface area contributed by atoms with Crippen LogP contribution in [-0.2, 0) is 4.74 Å². The number of fused-ring (bicyclic) bond motifs is 1. The van der Waals surface area contributed by atoms with E-state index < -0.39 is 11.9 Å². The third-order valence-electron chi connectivity index (χ3n) is 1.89. The van der Waals surface area contributed by atoms with E-state index in [1.165, 1.54) is 12.1 Å². The summed E-state index contributed by atoms with van der Waals surface area (Å²) in [5.74, 6) is -1.51. The Kier molecular flexibility index (Phi) is 1.89. The number of hydrogen-bond acceptors (Lipinski definition) is 5. The molecular weight excluding hydrogens is 204 g/mol. The number of ether oxygens (including phenoxy) is 1. The summed E-state index contributed by atoms with van der Waals surface area (Å²) >= 11 is 4.00. The second-order valence-corrected chi connectivity index (χ2v) is 3.27. The van der Waals surface area contributed by atoms with Gasteiger partial charge in [0.2, 0.25) is 0 Å². The highest BCUT2D eigenvalue weighted by atomic mass is 32.1. The number of carbonyl (C=O) groups excluding carboxylic acids is 3. The summed E-state index contributed by atoms with van der Waals surface area (Å²) in [6.45, 7) is 0. The van der Waals surface area contributed by atoms with Gasteiger partial charge in [0.05, 0.1) is 11.1 Å². The van der Waals surface area contributed by atoms with E-state index in [1.807, 2.05) is 0 Å². The molecule has 14 heavy (non-hydrogen) atoms. The molecule has 0 atom stereocenters. The first-order chi connectivity index (χ1) is 6.63. The molecule has 0 fully saturated rings. The Balaban J connectivity index is 2.79. The zero-order valence-electron chi connectivity index (χ0n) is 6.81. The van der Waals surface area contributed by atoms with Gasteiger partial charge in [-0.2, -0.15) is 0 Å². The fourth-order valence-electron chi connectivity index (χ4n) is 1.32. The van der Waals surface area contributed by atoms with Crippen molar-refractivity contribution in [2.45, 2.75) is 4.90 Å². The molecule has 4 nitrogen and oxygen atoms in total. The van der Waals surface area contributed by atoms with Gasteiger partial charge in [0.25, 0.3) is 0 Å². The van der Waals surface area contributed by atoms with Crippen LogP contribution in [-0.4, -0.2) is 18.2 Å². The molecule has 1 aliphatic heterocycles. The van der Waals surface area contributed by atoms with Crippen molar-refractivity contribution in [3.63, 3.8) is 0 Å². The molecule has 0 spiro atoms. The SMILES string of the molecule is O=Cc1cc(S)cc2c1C(=O)OC2=O. The molecular formula is C9H4O4S. The molecule has 5 heteroatoms. The van der Waals surface area contributed by atoms with Crippen LogP contribution < -0.4 is 0 Å². The minimum Gasteiger partial charge on any atom is -0.386 e. The Morgan fingerprint density at radius 2 is 1.93 bits per heavy atom. The van der Waals surface area contributed by atoms with Crippen LogP contribution in [0, 0.1) is 0 Å². The molecule has 1 heterocycles. The van der Waals surface area contributed by atoms with Gasteiger partial charge in [-0.1, -0.05) is 0 Å². The van der Waals surface area contributed by atoms with Crippen molar-refractivity contribution >= 4 is 30.9 Å². The molecule has 1 aliphatic rings. The Morgan fingerprint density at radius 1 is 1.21 bits per heavy atom. The number of rotatable bonds is 1. The minimum absolute atomic E-state index is 0.0304. The van der Waals surface area contributed by atoms with Crippen molar-refractivity contribution in [2.24, 2.45) is 0 Å². The summed E-state index contributed by atoms with van der Waals surface area (Å²) in [6.07, 6.45) is 0.498. The van der Waals surface area contributed by atoms with Crippen LogP contribution in [0.5, 0.6) is 0 Å². The summed E-state index contributed by atoms with van der Waals surface area (Å²) in [4.78, 5) is 33.3. The van der Waals surface area contributed by atoms with Crippen molar-refractivity contribution in [1.82, 2.24) is 0 Å². The Bertz CT molecular complexity index is 464. The minimum atomic E-state index is -0.777. The molecule has 1 aromatic rings. The first kappa shape index (κ1) is 8.96. The van der Waals surface area contributed by atoms with Crippen LogP contribution >= 0.6 is 12.6 Å². The van der Waals surface area contributed by atoms with E-state index in [2.05, 4.69) is 17.4 Å². The zero-order valence-corrected chi connectivity index (χ0v) is 7.71. The molecule has 0 aromatic heterocycles. The average Bonchev–Trinajstić information content (AvgIpc) is 2.41. The highest BCUT2D eigenvalue weighted by Gasteiger charge is 2.32. The molecule has 2 rings (SSSR count). The van der Waals surface area contributed by atoms with E-state index in [-0.39, 0.29) is 16.7 Å². The van der Waals surface area contributed by atoms with Crippen LogP contribution in [0.1, 0.15) is 31.1 Å². The monoisotopic (exact) mass is 208 g/mol. The van der Waals surface area contributed by atoms with Crippen LogP contribution in [0.4, 0.5) is 0 Å². The van der Waals surface area contributed by atoms with E-state index in [9.17, 15) is 14.4 Å². The lowest BCUT2D eigenvalue weighted by Gasteiger charge is -1.98. The van der Waals surface area contributed by atoms with Gasteiger partial charge in [-0.15, -0.1) is 12.6 Å². The van der Waals surface area contributed by atoms with Gasteiger partial charge in [-0.05, 0) is 12.1 Å². The summed E-state index contributed by atoms with van der Waals surface area (Å²) in [5.41, 5.74) is 0.260. The van der Waals surface area contributed by atoms with Crippen molar-refractivity contribution < 1.29 is 19.1 Å². The number of benzene rings is 1. The summed E-state index contributed by atoms with van der Waals surface area (Å²) in [7, 11) is 0. The summed E-state index contributed by atoms with van der Waals surface area (Å²) in [5, 5.41) is 0. The molecule has 1 aromatic carbocycles. The van der Waals surface area contributed by atoms with Crippen molar-refractivity contribution in [3.8, 4) is 0 Å². The predicted octanol–water partition coefficient (Wildman–Crippen LogP) is 1.10. The van der Waals surface area contributed by atoms with Crippen LogP contribution in [0.2, 0.25) is 0 Å². The first-order valence-electron chi connectivity index (χ1n) is 3.72. The first-order valence-corrected chi connectivity index (χ1v) is 4.17. The topological polar surface area (TPSA) is 60.4 Å². The Hall–Kier alpha value is -1.62. The number of esters is 2. The number of aldehydes is 1. The molecule has 70 valence electrons. The second kappa shape index (κ2) is 2.95. The van der Waals surface area contributed by atoms with Crippen molar-refractivity contribution in [2.75, 3.05) is 0 Å². The number of cyclic esters (lactones) is 2. The molecule has 0 radical (unpaired) electrons. The largest absolute Gasteiger partial charge is 0.386 e. The normalized spacial score (nSPS) is 13.8. The third-order valence-corrected chi connectivity index (χ3v) is 2.15. The molecule has 0 N–H and O–H groups in total. The number of carbonyl (C=O) groups is 3. The summed E-state index contributed by atoms with van der Waals surface area (Å²) < 4.78 is 4.36. The average molecular weight is 208 g/mol. The van der Waals surface area contributed by atoms with E-state index in [1.54, 1.807) is 0 Å². The predicted molar refractivity (Wildman–Crippen MR) is 48.8 cm³/mol. The fraction of sp³-hybridized carbons (Fsp3) is 0. The smallest absolute Gasteiger partial charge is 0.347 e. The number of thiol groups is 1. The zero-order chi connectivity index (χ0) is 10.3. The lowest BCUT2D eigenvalue weighted by molar-refractivity contribution is 0.0443. The highest BCUT2D eigenvalue weighted by molar-refractivity contribution is 7.80. The van der Waals surface area contributed by atoms with Gasteiger partial charge >= 0.3 is 11.9 Å². The van der Waals surface area contributed by atoms with Crippen LogP contribution in [0.3, 0.4) is 0 Å². The standard InChI is InChI=1S/C9H4O4S/c10-3-4-1-5(14)2-6-7(4)9(12)13-8(6)11/h1-3,14H. The molecule has 0 saturated heterocycles. The van der Waals surface area contributed by atoms with Crippen LogP contribution in [0.15, 0.2) is 17.0 Å². The Morgan fingerprint density at radius 3 is 2.57 bits per heavy atom. The Labute approximate surface area is 84.3 Å². The van der Waals surface area contributed by atoms with Gasteiger partial charge in [0.15, 0.2) is 6.29 Å². The van der Waals surface area contributed by atoms with Gasteiger partial charge in [-0.25, -0.2) is 9.59 Å². The lowest BCUT2D eigenvalue weighted by atomic mass is 10.0. The van der Waals surface area contributed by atoms with Gasteiger partial charge in [0, 0.05) is 10.5 Å². The second-order valence-electron chi connectivity index (χ2n) is 2.75. The van der Waals surface area contributed by atoms with E-state index in [0.29, 0.717) is 11.2 Å². The van der Waals surface area contributed by atoms with Gasteiger partial charge < -0.3 is 4.74 Å². The maximum absolute atomic E-state index is 11.1. The summed E-state index contributed by atoms with van der Waals surface area (Å²) in [6, 6.07) is 2.81. The van der Waals surface area contributed by atoms with Crippen molar-refractivity contribution in [1.29, 1.82) is 0 Å². The van der Waals surface area contributed by atoms with E-state index >= 15 is 0 Å². The van der Waals surface area contributed by atoms with E-state index in [4.69, 9.17) is 0 Å². The molecule has 0 saturated carbocycles. The molecule has 0 bridgehead atoms. The molecule has 0 aliphatic carbocycles. The molecule has 0 amide bonds. The van der Waals surface area contributed by atoms with E-state index in [0.717, 1.165) is 0 Å². The fourth-order valence-corrected chi connectivity index (χ4v) is 1.59. The van der Waals surface area contributed by atoms with Gasteiger partial charge in [0.1, 0.15) is 0 Å². The third kappa shape index (κ3) is 1.13.